The van der Waals surface area contributed by atoms with Gasteiger partial charge in [0.15, 0.2) is 0 Å². The van der Waals surface area contributed by atoms with Crippen LogP contribution in [-0.2, 0) is 0 Å². The minimum absolute atomic E-state index is 0.0628. The summed E-state index contributed by atoms with van der Waals surface area (Å²) in [5.41, 5.74) is -0.135. The van der Waals surface area contributed by atoms with Gasteiger partial charge >= 0.3 is 0 Å². The van der Waals surface area contributed by atoms with Crippen molar-refractivity contribution in [1.29, 1.82) is 0 Å². The Kier molecular flexibility index (Phi) is 5.14. The molecular formula is C14H18ClN3O3. The highest BCUT2D eigenvalue weighted by atomic mass is 35.5. The Morgan fingerprint density at radius 1 is 1.57 bits per heavy atom. The number of nitro benzene ring substituents is 1. The number of benzene rings is 1. The van der Waals surface area contributed by atoms with Crippen LogP contribution < -0.4 is 5.32 Å². The normalized spacial score (nSPS) is 17.7. The van der Waals surface area contributed by atoms with E-state index in [1.165, 1.54) is 18.2 Å². The SMILES string of the molecule is CCCN(C(=O)c1cc(Cl)ccc1[N+](=O)[O-])C1CCNC1. The second-order valence-electron chi connectivity index (χ2n) is 5.06. The van der Waals surface area contributed by atoms with Crippen LogP contribution in [0.2, 0.25) is 5.02 Å². The number of hydrogen-bond donors (Lipinski definition) is 1. The molecule has 1 fully saturated rings. The van der Waals surface area contributed by atoms with E-state index in [-0.39, 0.29) is 23.2 Å². The van der Waals surface area contributed by atoms with Gasteiger partial charge in [0.2, 0.25) is 0 Å². The number of halogens is 1. The van der Waals surface area contributed by atoms with Gasteiger partial charge in [-0.2, -0.15) is 0 Å². The Morgan fingerprint density at radius 2 is 2.33 bits per heavy atom. The van der Waals surface area contributed by atoms with Gasteiger partial charge in [0.05, 0.1) is 4.92 Å². The van der Waals surface area contributed by atoms with Crippen LogP contribution in [0.1, 0.15) is 30.1 Å². The second kappa shape index (κ2) is 6.87. The molecular weight excluding hydrogens is 294 g/mol. The van der Waals surface area contributed by atoms with Crippen molar-refractivity contribution >= 4 is 23.2 Å². The van der Waals surface area contributed by atoms with E-state index in [1.807, 2.05) is 6.92 Å². The standard InChI is InChI=1S/C14H18ClN3O3/c1-2-7-17(11-5-6-16-9-11)14(19)12-8-10(15)3-4-13(12)18(20)21/h3-4,8,11,16H,2,5-7,9H2,1H3. The van der Waals surface area contributed by atoms with Crippen molar-refractivity contribution in [3.05, 3.63) is 38.9 Å². The Balaban J connectivity index is 2.35. The van der Waals surface area contributed by atoms with Gasteiger partial charge in [-0.3, -0.25) is 14.9 Å². The van der Waals surface area contributed by atoms with E-state index in [2.05, 4.69) is 5.32 Å². The molecule has 0 saturated carbocycles. The lowest BCUT2D eigenvalue weighted by atomic mass is 10.1. The van der Waals surface area contributed by atoms with Crippen molar-refractivity contribution in [3.8, 4) is 0 Å². The number of carbonyl (C=O) groups excluding carboxylic acids is 1. The fourth-order valence-corrected chi connectivity index (χ4v) is 2.76. The molecule has 0 bridgehead atoms. The zero-order valence-electron chi connectivity index (χ0n) is 11.8. The molecule has 1 amide bonds. The molecule has 1 aliphatic rings. The first-order valence-electron chi connectivity index (χ1n) is 7.00. The lowest BCUT2D eigenvalue weighted by Gasteiger charge is -2.28. The average Bonchev–Trinajstić information content (AvgIpc) is 2.97. The Hall–Kier alpha value is -1.66. The van der Waals surface area contributed by atoms with E-state index in [4.69, 9.17) is 11.6 Å². The van der Waals surface area contributed by atoms with Crippen LogP contribution in [0.3, 0.4) is 0 Å². The highest BCUT2D eigenvalue weighted by Gasteiger charge is 2.30. The van der Waals surface area contributed by atoms with Crippen LogP contribution in [0.4, 0.5) is 5.69 Å². The summed E-state index contributed by atoms with van der Waals surface area (Å²) >= 11 is 5.90. The molecule has 1 atom stereocenters. The molecule has 1 unspecified atom stereocenters. The maximum absolute atomic E-state index is 12.7. The fourth-order valence-electron chi connectivity index (χ4n) is 2.59. The summed E-state index contributed by atoms with van der Waals surface area (Å²) in [6.45, 7) is 4.14. The molecule has 1 aliphatic heterocycles. The van der Waals surface area contributed by atoms with Crippen molar-refractivity contribution in [3.63, 3.8) is 0 Å². The zero-order valence-corrected chi connectivity index (χ0v) is 12.6. The van der Waals surface area contributed by atoms with E-state index in [0.717, 1.165) is 25.9 Å². The monoisotopic (exact) mass is 311 g/mol. The van der Waals surface area contributed by atoms with Crippen molar-refractivity contribution in [2.24, 2.45) is 0 Å². The van der Waals surface area contributed by atoms with Gasteiger partial charge in [-0.05, 0) is 31.5 Å². The quantitative estimate of drug-likeness (QED) is 0.669. The third-order valence-corrected chi connectivity index (χ3v) is 3.82. The van der Waals surface area contributed by atoms with Crippen molar-refractivity contribution in [2.45, 2.75) is 25.8 Å². The van der Waals surface area contributed by atoms with Crippen molar-refractivity contribution in [1.82, 2.24) is 10.2 Å². The molecule has 0 aliphatic carbocycles. The number of amides is 1. The molecule has 0 aromatic heterocycles. The number of nitro groups is 1. The van der Waals surface area contributed by atoms with E-state index in [9.17, 15) is 14.9 Å². The van der Waals surface area contributed by atoms with Crippen LogP contribution in [0.5, 0.6) is 0 Å². The lowest BCUT2D eigenvalue weighted by molar-refractivity contribution is -0.385. The fraction of sp³-hybridized carbons (Fsp3) is 0.500. The van der Waals surface area contributed by atoms with Crippen LogP contribution in [0, 0.1) is 10.1 Å². The second-order valence-corrected chi connectivity index (χ2v) is 5.50. The smallest absolute Gasteiger partial charge is 0.282 e. The summed E-state index contributed by atoms with van der Waals surface area (Å²) in [5, 5.41) is 14.7. The molecule has 2 rings (SSSR count). The van der Waals surface area contributed by atoms with Gasteiger partial charge in [0.1, 0.15) is 5.56 Å². The number of nitrogens with one attached hydrogen (secondary N) is 1. The predicted molar refractivity (Wildman–Crippen MR) is 80.7 cm³/mol. The first-order valence-corrected chi connectivity index (χ1v) is 7.38. The first kappa shape index (κ1) is 15.7. The number of hydrogen-bond acceptors (Lipinski definition) is 4. The molecule has 0 radical (unpaired) electrons. The Labute approximate surface area is 128 Å². The lowest BCUT2D eigenvalue weighted by Crippen LogP contribution is -2.42. The van der Waals surface area contributed by atoms with Crippen LogP contribution >= 0.6 is 11.6 Å². The number of carbonyl (C=O) groups is 1. The molecule has 114 valence electrons. The van der Waals surface area contributed by atoms with Gasteiger partial charge in [-0.1, -0.05) is 18.5 Å². The van der Waals surface area contributed by atoms with E-state index >= 15 is 0 Å². The minimum Gasteiger partial charge on any atom is -0.334 e. The summed E-state index contributed by atoms with van der Waals surface area (Å²) in [4.78, 5) is 25.0. The van der Waals surface area contributed by atoms with Gasteiger partial charge in [0.25, 0.3) is 11.6 Å². The Morgan fingerprint density at radius 3 is 2.90 bits per heavy atom. The highest BCUT2D eigenvalue weighted by Crippen LogP contribution is 2.25. The molecule has 6 nitrogen and oxygen atoms in total. The summed E-state index contributed by atoms with van der Waals surface area (Å²) in [6, 6.07) is 4.17. The summed E-state index contributed by atoms with van der Waals surface area (Å²) in [5.74, 6) is -0.320. The number of rotatable bonds is 5. The third-order valence-electron chi connectivity index (χ3n) is 3.59. The molecule has 0 spiro atoms. The van der Waals surface area contributed by atoms with Crippen LogP contribution in [-0.4, -0.2) is 41.4 Å². The van der Waals surface area contributed by atoms with Crippen molar-refractivity contribution < 1.29 is 9.72 Å². The zero-order chi connectivity index (χ0) is 15.4. The molecule has 1 aromatic rings. The van der Waals surface area contributed by atoms with Gasteiger partial charge in [-0.15, -0.1) is 0 Å². The third kappa shape index (κ3) is 3.51. The van der Waals surface area contributed by atoms with Gasteiger partial charge < -0.3 is 10.2 Å². The summed E-state index contributed by atoms with van der Waals surface area (Å²) in [6.07, 6.45) is 1.66. The first-order chi connectivity index (χ1) is 10.0. The van der Waals surface area contributed by atoms with E-state index in [1.54, 1.807) is 4.90 Å². The summed E-state index contributed by atoms with van der Waals surface area (Å²) < 4.78 is 0. The molecule has 1 aromatic carbocycles. The summed E-state index contributed by atoms with van der Waals surface area (Å²) in [7, 11) is 0. The highest BCUT2D eigenvalue weighted by molar-refractivity contribution is 6.31. The maximum Gasteiger partial charge on any atom is 0.282 e. The molecule has 7 heteroatoms. The minimum atomic E-state index is -0.541. The topological polar surface area (TPSA) is 75.5 Å². The predicted octanol–water partition coefficient (Wildman–Crippen LogP) is 2.46. The van der Waals surface area contributed by atoms with E-state index < -0.39 is 4.92 Å². The molecule has 21 heavy (non-hydrogen) atoms. The van der Waals surface area contributed by atoms with Gasteiger partial charge in [-0.25, -0.2) is 0 Å². The van der Waals surface area contributed by atoms with Gasteiger partial charge in [0, 0.05) is 30.2 Å². The van der Waals surface area contributed by atoms with Crippen molar-refractivity contribution in [2.75, 3.05) is 19.6 Å². The van der Waals surface area contributed by atoms with E-state index in [0.29, 0.717) is 11.6 Å². The largest absolute Gasteiger partial charge is 0.334 e. The molecule has 1 heterocycles. The van der Waals surface area contributed by atoms with Crippen LogP contribution in [0.25, 0.3) is 0 Å². The average molecular weight is 312 g/mol. The molecule has 1 saturated heterocycles. The Bertz CT molecular complexity index is 544. The van der Waals surface area contributed by atoms with Crippen LogP contribution in [0.15, 0.2) is 18.2 Å². The maximum atomic E-state index is 12.7. The number of nitrogens with zero attached hydrogens (tertiary/aromatic N) is 2. The molecule has 1 N–H and O–H groups in total.